The van der Waals surface area contributed by atoms with Gasteiger partial charge in [-0.1, -0.05) is 6.07 Å². The summed E-state index contributed by atoms with van der Waals surface area (Å²) in [4.78, 5) is 19.3. The second-order valence-electron chi connectivity index (χ2n) is 7.97. The molecule has 0 bridgehead atoms. The number of rotatable bonds is 5. The van der Waals surface area contributed by atoms with E-state index in [1.807, 2.05) is 30.5 Å². The second kappa shape index (κ2) is 6.93. The van der Waals surface area contributed by atoms with Crippen LogP contribution in [0.5, 0.6) is 0 Å². The predicted octanol–water partition coefficient (Wildman–Crippen LogP) is 2.68. The van der Waals surface area contributed by atoms with Crippen molar-refractivity contribution in [2.75, 3.05) is 13.1 Å². The lowest BCUT2D eigenvalue weighted by molar-refractivity contribution is 0.162. The molecule has 3 aromatic heterocycles. The van der Waals surface area contributed by atoms with E-state index < -0.39 is 0 Å². The van der Waals surface area contributed by atoms with Crippen LogP contribution in [0.4, 0.5) is 0 Å². The van der Waals surface area contributed by atoms with E-state index in [1.165, 1.54) is 12.8 Å². The standard InChI is InChI=1S/C21H25N5O/c27-21-7-6-19(17-4-5-17)23-26(21)13-16-8-11-24(12-9-16)14-18-15-25-10-2-1-3-20(25)22-18/h1-3,6-7,10,15-17H,4-5,8-9,11-14H2. The average Bonchev–Trinajstić information content (AvgIpc) is 3.45. The minimum absolute atomic E-state index is 0.0338. The van der Waals surface area contributed by atoms with E-state index in [2.05, 4.69) is 20.6 Å². The van der Waals surface area contributed by atoms with Crippen LogP contribution < -0.4 is 5.56 Å². The highest BCUT2D eigenvalue weighted by Gasteiger charge is 2.26. The molecule has 0 unspecified atom stereocenters. The van der Waals surface area contributed by atoms with Crippen LogP contribution in [0.2, 0.25) is 0 Å². The molecular formula is C21H25N5O. The molecule has 2 fully saturated rings. The first-order chi connectivity index (χ1) is 13.2. The molecule has 2 aliphatic rings. The Bertz CT molecular complexity index is 962. The van der Waals surface area contributed by atoms with Crippen LogP contribution in [0.15, 0.2) is 47.5 Å². The maximum atomic E-state index is 12.2. The van der Waals surface area contributed by atoms with Gasteiger partial charge >= 0.3 is 0 Å². The molecule has 1 aliphatic heterocycles. The molecule has 1 aliphatic carbocycles. The number of aromatic nitrogens is 4. The predicted molar refractivity (Wildman–Crippen MR) is 104 cm³/mol. The smallest absolute Gasteiger partial charge is 0.266 e. The highest BCUT2D eigenvalue weighted by molar-refractivity contribution is 5.39. The molecule has 6 heteroatoms. The minimum atomic E-state index is 0.0338. The van der Waals surface area contributed by atoms with Crippen molar-refractivity contribution in [2.45, 2.75) is 44.7 Å². The first kappa shape index (κ1) is 16.7. The molecule has 0 atom stereocenters. The number of likely N-dealkylation sites (tertiary alicyclic amines) is 1. The molecule has 0 radical (unpaired) electrons. The molecule has 1 saturated heterocycles. The van der Waals surface area contributed by atoms with Gasteiger partial charge in [-0.3, -0.25) is 9.69 Å². The lowest BCUT2D eigenvalue weighted by Gasteiger charge is -2.31. The van der Waals surface area contributed by atoms with Crippen molar-refractivity contribution in [3.05, 3.63) is 64.5 Å². The van der Waals surface area contributed by atoms with Crippen LogP contribution in [-0.2, 0) is 13.1 Å². The highest BCUT2D eigenvalue weighted by Crippen LogP contribution is 2.38. The number of piperidine rings is 1. The Morgan fingerprint density at radius 1 is 1.04 bits per heavy atom. The summed E-state index contributed by atoms with van der Waals surface area (Å²) in [6.45, 7) is 3.75. The Balaban J connectivity index is 1.19. The molecule has 6 nitrogen and oxygen atoms in total. The molecule has 0 N–H and O–H groups in total. The zero-order valence-corrected chi connectivity index (χ0v) is 15.5. The SMILES string of the molecule is O=c1ccc(C2CC2)nn1CC1CCN(Cc2cn3ccccc3n2)CC1. The summed E-state index contributed by atoms with van der Waals surface area (Å²) in [5, 5.41) is 4.62. The summed E-state index contributed by atoms with van der Waals surface area (Å²) in [5.74, 6) is 1.12. The number of nitrogens with zero attached hydrogens (tertiary/aromatic N) is 5. The van der Waals surface area contributed by atoms with Gasteiger partial charge in [0.2, 0.25) is 0 Å². The molecule has 140 valence electrons. The normalized spacial score (nSPS) is 19.0. The fourth-order valence-corrected chi connectivity index (χ4v) is 4.06. The van der Waals surface area contributed by atoms with Crippen molar-refractivity contribution in [1.82, 2.24) is 24.1 Å². The summed E-state index contributed by atoms with van der Waals surface area (Å²) >= 11 is 0. The minimum Gasteiger partial charge on any atom is -0.307 e. The van der Waals surface area contributed by atoms with Gasteiger partial charge in [-0.25, -0.2) is 9.67 Å². The topological polar surface area (TPSA) is 55.4 Å². The van der Waals surface area contributed by atoms with E-state index in [0.717, 1.165) is 56.1 Å². The quantitative estimate of drug-likeness (QED) is 0.699. The fraction of sp³-hybridized carbons (Fsp3) is 0.476. The first-order valence-electron chi connectivity index (χ1n) is 9.97. The molecular weight excluding hydrogens is 338 g/mol. The van der Waals surface area contributed by atoms with Gasteiger partial charge in [0.15, 0.2) is 0 Å². The number of hydrogen-bond donors (Lipinski definition) is 0. The summed E-state index contributed by atoms with van der Waals surface area (Å²) in [6, 6.07) is 9.69. The van der Waals surface area contributed by atoms with Gasteiger partial charge < -0.3 is 4.40 Å². The van der Waals surface area contributed by atoms with Crippen LogP contribution in [0.25, 0.3) is 5.65 Å². The molecule has 3 aromatic rings. The van der Waals surface area contributed by atoms with Crippen LogP contribution in [0, 0.1) is 5.92 Å². The largest absolute Gasteiger partial charge is 0.307 e. The van der Waals surface area contributed by atoms with Gasteiger partial charge in [0.25, 0.3) is 5.56 Å². The second-order valence-corrected chi connectivity index (χ2v) is 7.97. The van der Waals surface area contributed by atoms with E-state index in [0.29, 0.717) is 11.8 Å². The van der Waals surface area contributed by atoms with Crippen LogP contribution in [0.3, 0.4) is 0 Å². The van der Waals surface area contributed by atoms with Crippen LogP contribution in [-0.4, -0.2) is 37.2 Å². The highest BCUT2D eigenvalue weighted by atomic mass is 16.1. The van der Waals surface area contributed by atoms with E-state index in [4.69, 9.17) is 4.98 Å². The summed E-state index contributed by atoms with van der Waals surface area (Å²) < 4.78 is 3.78. The molecule has 5 rings (SSSR count). The lowest BCUT2D eigenvalue weighted by atomic mass is 9.97. The molecule has 4 heterocycles. The Morgan fingerprint density at radius 3 is 2.67 bits per heavy atom. The maximum absolute atomic E-state index is 12.2. The van der Waals surface area contributed by atoms with E-state index >= 15 is 0 Å². The summed E-state index contributed by atoms with van der Waals surface area (Å²) in [7, 11) is 0. The van der Waals surface area contributed by atoms with E-state index in [-0.39, 0.29) is 5.56 Å². The number of fused-ring (bicyclic) bond motifs is 1. The van der Waals surface area contributed by atoms with Crippen molar-refractivity contribution in [3.63, 3.8) is 0 Å². The Hall–Kier alpha value is -2.47. The zero-order chi connectivity index (χ0) is 18.2. The third-order valence-electron chi connectivity index (χ3n) is 5.82. The lowest BCUT2D eigenvalue weighted by Crippen LogP contribution is -2.36. The van der Waals surface area contributed by atoms with E-state index in [9.17, 15) is 4.79 Å². The van der Waals surface area contributed by atoms with Crippen molar-refractivity contribution < 1.29 is 0 Å². The number of hydrogen-bond acceptors (Lipinski definition) is 4. The molecule has 0 amide bonds. The van der Waals surface area contributed by atoms with E-state index in [1.54, 1.807) is 10.7 Å². The number of pyridine rings is 1. The van der Waals surface area contributed by atoms with Gasteiger partial charge in [0.05, 0.1) is 11.4 Å². The van der Waals surface area contributed by atoms with Gasteiger partial charge in [0, 0.05) is 37.5 Å². The molecule has 1 saturated carbocycles. The van der Waals surface area contributed by atoms with Gasteiger partial charge in [0.1, 0.15) is 5.65 Å². The Labute approximate surface area is 158 Å². The van der Waals surface area contributed by atoms with Crippen molar-refractivity contribution in [3.8, 4) is 0 Å². The Morgan fingerprint density at radius 2 is 1.89 bits per heavy atom. The monoisotopic (exact) mass is 363 g/mol. The van der Waals surface area contributed by atoms with Crippen molar-refractivity contribution in [1.29, 1.82) is 0 Å². The third kappa shape index (κ3) is 3.67. The fourth-order valence-electron chi connectivity index (χ4n) is 4.06. The Kier molecular flexibility index (Phi) is 4.28. The summed E-state index contributed by atoms with van der Waals surface area (Å²) in [5.41, 5.74) is 3.25. The van der Waals surface area contributed by atoms with Gasteiger partial charge in [-0.2, -0.15) is 5.10 Å². The molecule has 0 spiro atoms. The number of imidazole rings is 1. The maximum Gasteiger partial charge on any atom is 0.266 e. The van der Waals surface area contributed by atoms with Gasteiger partial charge in [-0.15, -0.1) is 0 Å². The van der Waals surface area contributed by atoms with Crippen LogP contribution in [0.1, 0.15) is 43.0 Å². The summed E-state index contributed by atoms with van der Waals surface area (Å²) in [6.07, 6.45) is 8.80. The van der Waals surface area contributed by atoms with Crippen molar-refractivity contribution in [2.24, 2.45) is 5.92 Å². The molecule has 0 aromatic carbocycles. The zero-order valence-electron chi connectivity index (χ0n) is 15.5. The van der Waals surface area contributed by atoms with Gasteiger partial charge in [-0.05, 0) is 62.9 Å². The van der Waals surface area contributed by atoms with Crippen molar-refractivity contribution >= 4 is 5.65 Å². The molecule has 27 heavy (non-hydrogen) atoms. The average molecular weight is 363 g/mol. The first-order valence-corrected chi connectivity index (χ1v) is 9.97. The van der Waals surface area contributed by atoms with Crippen LogP contribution >= 0.6 is 0 Å². The third-order valence-corrected chi connectivity index (χ3v) is 5.82.